The first-order valence-electron chi connectivity index (χ1n) is 7.20. The molecule has 0 bridgehead atoms. The molecule has 5 nitrogen and oxygen atoms in total. The summed E-state index contributed by atoms with van der Waals surface area (Å²) in [4.78, 5) is 13.4. The number of hydrogen-bond acceptors (Lipinski definition) is 4. The highest BCUT2D eigenvalue weighted by Gasteiger charge is 2.07. The van der Waals surface area contributed by atoms with Gasteiger partial charge in [-0.1, -0.05) is 6.92 Å². The van der Waals surface area contributed by atoms with Crippen molar-refractivity contribution in [1.82, 2.24) is 19.5 Å². The quantitative estimate of drug-likeness (QED) is 0.878. The predicted octanol–water partition coefficient (Wildman–Crippen LogP) is 3.13. The molecule has 5 heteroatoms. The molecular weight excluding hydrogens is 250 g/mol. The van der Waals surface area contributed by atoms with Crippen molar-refractivity contribution >= 4 is 5.82 Å². The van der Waals surface area contributed by atoms with Gasteiger partial charge in [0.15, 0.2) is 0 Å². The van der Waals surface area contributed by atoms with Gasteiger partial charge < -0.3 is 9.88 Å². The molecule has 0 aliphatic rings. The van der Waals surface area contributed by atoms with E-state index in [1.807, 2.05) is 25.4 Å². The molecule has 0 atom stereocenters. The summed E-state index contributed by atoms with van der Waals surface area (Å²) < 4.78 is 2.16. The Balaban J connectivity index is 2.08. The van der Waals surface area contributed by atoms with E-state index in [4.69, 9.17) is 0 Å². The van der Waals surface area contributed by atoms with Crippen molar-refractivity contribution < 1.29 is 0 Å². The highest BCUT2D eigenvalue weighted by atomic mass is 15.1. The maximum absolute atomic E-state index is 4.54. The molecule has 0 aromatic carbocycles. The minimum absolute atomic E-state index is 0.414. The van der Waals surface area contributed by atoms with Gasteiger partial charge in [0.25, 0.3) is 0 Å². The fourth-order valence-electron chi connectivity index (χ4n) is 2.18. The molecule has 0 amide bonds. The topological polar surface area (TPSA) is 55.6 Å². The summed E-state index contributed by atoms with van der Waals surface area (Å²) >= 11 is 0. The van der Waals surface area contributed by atoms with Gasteiger partial charge in [0.2, 0.25) is 0 Å². The Morgan fingerprint density at radius 2 is 2.10 bits per heavy atom. The summed E-state index contributed by atoms with van der Waals surface area (Å²) in [5.41, 5.74) is 0.998. The Morgan fingerprint density at radius 3 is 2.80 bits per heavy atom. The lowest BCUT2D eigenvalue weighted by Gasteiger charge is -2.13. The maximum atomic E-state index is 4.54. The van der Waals surface area contributed by atoms with Crippen LogP contribution in [0.4, 0.5) is 5.82 Å². The van der Waals surface area contributed by atoms with E-state index >= 15 is 0 Å². The van der Waals surface area contributed by atoms with Gasteiger partial charge in [-0.15, -0.1) is 0 Å². The van der Waals surface area contributed by atoms with Gasteiger partial charge >= 0.3 is 0 Å². The zero-order valence-corrected chi connectivity index (χ0v) is 12.7. The van der Waals surface area contributed by atoms with Crippen molar-refractivity contribution in [2.75, 3.05) is 5.32 Å². The molecule has 0 saturated carbocycles. The molecule has 0 unspecified atom stereocenters. The summed E-state index contributed by atoms with van der Waals surface area (Å²) in [5, 5.41) is 3.35. The Labute approximate surface area is 120 Å². The van der Waals surface area contributed by atoms with E-state index in [-0.39, 0.29) is 0 Å². The predicted molar refractivity (Wildman–Crippen MR) is 80.7 cm³/mol. The van der Waals surface area contributed by atoms with Crippen LogP contribution in [0.25, 0.3) is 0 Å². The SMILES string of the molecule is CCCc1nc(C)cc(NCc2nccn2C(C)C)n1. The van der Waals surface area contributed by atoms with Gasteiger partial charge in [-0.05, 0) is 27.2 Å². The van der Waals surface area contributed by atoms with E-state index in [1.54, 1.807) is 0 Å². The van der Waals surface area contributed by atoms with Gasteiger partial charge in [-0.2, -0.15) is 0 Å². The fraction of sp³-hybridized carbons (Fsp3) is 0.533. The van der Waals surface area contributed by atoms with Gasteiger partial charge in [0.1, 0.15) is 17.5 Å². The second-order valence-electron chi connectivity index (χ2n) is 5.26. The van der Waals surface area contributed by atoms with Crippen molar-refractivity contribution in [2.24, 2.45) is 0 Å². The van der Waals surface area contributed by atoms with E-state index in [1.165, 1.54) is 0 Å². The first kappa shape index (κ1) is 14.5. The van der Waals surface area contributed by atoms with Gasteiger partial charge in [-0.25, -0.2) is 15.0 Å². The third-order valence-electron chi connectivity index (χ3n) is 3.11. The second-order valence-corrected chi connectivity index (χ2v) is 5.26. The Bertz CT molecular complexity index is 559. The molecule has 2 aromatic rings. The lowest BCUT2D eigenvalue weighted by Crippen LogP contribution is -2.11. The lowest BCUT2D eigenvalue weighted by molar-refractivity contribution is 0.572. The minimum Gasteiger partial charge on any atom is -0.363 e. The van der Waals surface area contributed by atoms with Crippen molar-refractivity contribution in [2.45, 2.75) is 53.1 Å². The van der Waals surface area contributed by atoms with Crippen LogP contribution in [0.3, 0.4) is 0 Å². The van der Waals surface area contributed by atoms with Crippen molar-refractivity contribution in [1.29, 1.82) is 0 Å². The van der Waals surface area contributed by atoms with E-state index in [2.05, 4.69) is 45.6 Å². The zero-order chi connectivity index (χ0) is 14.5. The molecule has 0 fully saturated rings. The van der Waals surface area contributed by atoms with E-state index in [0.29, 0.717) is 12.6 Å². The molecule has 0 spiro atoms. The van der Waals surface area contributed by atoms with E-state index in [9.17, 15) is 0 Å². The summed E-state index contributed by atoms with van der Waals surface area (Å²) in [7, 11) is 0. The van der Waals surface area contributed by atoms with Gasteiger partial charge in [-0.3, -0.25) is 0 Å². The minimum atomic E-state index is 0.414. The van der Waals surface area contributed by atoms with Crippen LogP contribution < -0.4 is 5.32 Å². The number of hydrogen-bond donors (Lipinski definition) is 1. The van der Waals surface area contributed by atoms with Crippen LogP contribution in [0, 0.1) is 6.92 Å². The van der Waals surface area contributed by atoms with Crippen molar-refractivity contribution in [3.63, 3.8) is 0 Å². The lowest BCUT2D eigenvalue weighted by atomic mass is 10.3. The standard InChI is InChI=1S/C15H23N5/c1-5-6-13-18-12(4)9-14(19-13)17-10-15-16-7-8-20(15)11(2)3/h7-9,11H,5-6,10H2,1-4H3,(H,17,18,19). The van der Waals surface area contributed by atoms with Gasteiger partial charge in [0, 0.05) is 36.6 Å². The van der Waals surface area contributed by atoms with Crippen LogP contribution in [0.2, 0.25) is 0 Å². The zero-order valence-electron chi connectivity index (χ0n) is 12.7. The molecule has 0 saturated heterocycles. The van der Waals surface area contributed by atoms with Crippen molar-refractivity contribution in [3.8, 4) is 0 Å². The number of imidazole rings is 1. The number of nitrogens with zero attached hydrogens (tertiary/aromatic N) is 4. The molecule has 0 aliphatic carbocycles. The number of nitrogens with one attached hydrogen (secondary N) is 1. The monoisotopic (exact) mass is 273 g/mol. The summed E-state index contributed by atoms with van der Waals surface area (Å²) in [6, 6.07) is 2.39. The number of aromatic nitrogens is 4. The molecule has 0 radical (unpaired) electrons. The molecule has 0 aliphatic heterocycles. The Hall–Kier alpha value is -1.91. The normalized spacial score (nSPS) is 11.1. The van der Waals surface area contributed by atoms with E-state index < -0.39 is 0 Å². The average Bonchev–Trinajstić information content (AvgIpc) is 2.84. The summed E-state index contributed by atoms with van der Waals surface area (Å²) in [5.74, 6) is 2.80. The van der Waals surface area contributed by atoms with E-state index in [0.717, 1.165) is 36.0 Å². The molecule has 2 heterocycles. The van der Waals surface area contributed by atoms with Crippen LogP contribution >= 0.6 is 0 Å². The Morgan fingerprint density at radius 1 is 1.30 bits per heavy atom. The smallest absolute Gasteiger partial charge is 0.130 e. The van der Waals surface area contributed by atoms with Gasteiger partial charge in [0.05, 0.1) is 6.54 Å². The number of rotatable bonds is 6. The highest BCUT2D eigenvalue weighted by molar-refractivity contribution is 5.36. The second kappa shape index (κ2) is 6.50. The average molecular weight is 273 g/mol. The highest BCUT2D eigenvalue weighted by Crippen LogP contribution is 2.12. The van der Waals surface area contributed by atoms with Crippen LogP contribution in [-0.2, 0) is 13.0 Å². The van der Waals surface area contributed by atoms with Crippen LogP contribution in [0.5, 0.6) is 0 Å². The molecule has 20 heavy (non-hydrogen) atoms. The first-order valence-corrected chi connectivity index (χ1v) is 7.20. The largest absolute Gasteiger partial charge is 0.363 e. The number of aryl methyl sites for hydroxylation is 2. The maximum Gasteiger partial charge on any atom is 0.130 e. The first-order chi connectivity index (χ1) is 9.60. The summed E-state index contributed by atoms with van der Waals surface area (Å²) in [6.07, 6.45) is 5.82. The van der Waals surface area contributed by atoms with Crippen LogP contribution in [0.1, 0.15) is 50.6 Å². The Kier molecular flexibility index (Phi) is 4.71. The third-order valence-corrected chi connectivity index (χ3v) is 3.11. The fourth-order valence-corrected chi connectivity index (χ4v) is 2.18. The molecule has 2 aromatic heterocycles. The summed E-state index contributed by atoms with van der Waals surface area (Å²) in [6.45, 7) is 9.12. The number of anilines is 1. The van der Waals surface area contributed by atoms with Crippen LogP contribution in [-0.4, -0.2) is 19.5 Å². The molecule has 2 rings (SSSR count). The molecule has 108 valence electrons. The van der Waals surface area contributed by atoms with Crippen molar-refractivity contribution in [3.05, 3.63) is 35.8 Å². The molecular formula is C15H23N5. The molecule has 1 N–H and O–H groups in total. The third kappa shape index (κ3) is 3.56. The van der Waals surface area contributed by atoms with Crippen LogP contribution in [0.15, 0.2) is 18.5 Å².